The zero-order chi connectivity index (χ0) is 27.2. The summed E-state index contributed by atoms with van der Waals surface area (Å²) in [5.74, 6) is -0.946. The highest BCUT2D eigenvalue weighted by atomic mass is 35.5. The lowest BCUT2D eigenvalue weighted by molar-refractivity contribution is -0.384. The van der Waals surface area contributed by atoms with Crippen molar-refractivity contribution in [2.45, 2.75) is 32.6 Å². The molecule has 7 nitrogen and oxygen atoms in total. The number of rotatable bonds is 4. The molecule has 1 aliphatic heterocycles. The first-order chi connectivity index (χ1) is 18.1. The predicted octanol–water partition coefficient (Wildman–Crippen LogP) is 7.44. The van der Waals surface area contributed by atoms with E-state index >= 15 is 0 Å². The average Bonchev–Trinajstić information content (AvgIpc) is 2.88. The maximum Gasteiger partial charge on any atom is 0.269 e. The number of carbonyl (C=O) groups excluding carboxylic acids is 1. The summed E-state index contributed by atoms with van der Waals surface area (Å²) < 4.78 is 0. The van der Waals surface area contributed by atoms with Crippen LogP contribution in [0.4, 0.5) is 11.4 Å². The van der Waals surface area contributed by atoms with Crippen LogP contribution >= 0.6 is 11.6 Å². The minimum absolute atomic E-state index is 0.0290. The number of aliphatic hydroxyl groups is 1. The average molecular weight is 528 g/mol. The van der Waals surface area contributed by atoms with E-state index in [0.29, 0.717) is 45.9 Å². The number of nitro groups is 1. The molecule has 3 aromatic carbocycles. The fourth-order valence-electron chi connectivity index (χ4n) is 5.36. The third-order valence-electron chi connectivity index (χ3n) is 7.05. The summed E-state index contributed by atoms with van der Waals surface area (Å²) in [6, 6.07) is 21.9. The Morgan fingerprint density at radius 3 is 2.26 bits per heavy atom. The molecular weight excluding hydrogens is 502 g/mol. The van der Waals surface area contributed by atoms with Crippen molar-refractivity contribution in [3.63, 3.8) is 0 Å². The standard InChI is InChI=1S/C30H26ClN3O4/c1-30(2)16-23-26(24(35)17-30)25(18-8-12-22(13-9-18)34(37)38)27(28(36)19-6-4-3-5-7-19)29(32)33(23)21-14-10-20(31)11-15-21/h3-15,25,32,36H,16-17H2,1-2H3/t25-/m0/s1. The van der Waals surface area contributed by atoms with Crippen LogP contribution < -0.4 is 4.90 Å². The summed E-state index contributed by atoms with van der Waals surface area (Å²) >= 11 is 6.15. The highest BCUT2D eigenvalue weighted by Crippen LogP contribution is 2.51. The Hall–Kier alpha value is -4.23. The molecule has 0 saturated heterocycles. The first kappa shape index (κ1) is 25.4. The smallest absolute Gasteiger partial charge is 0.269 e. The van der Waals surface area contributed by atoms with Crippen LogP contribution in [0.2, 0.25) is 5.02 Å². The van der Waals surface area contributed by atoms with E-state index in [0.717, 1.165) is 0 Å². The Morgan fingerprint density at radius 1 is 1.03 bits per heavy atom. The lowest BCUT2D eigenvalue weighted by atomic mass is 9.67. The molecule has 1 atom stereocenters. The molecular formula is C30H26ClN3O4. The van der Waals surface area contributed by atoms with Gasteiger partial charge in [0, 0.05) is 57.6 Å². The van der Waals surface area contributed by atoms with Gasteiger partial charge in [-0.05, 0) is 41.7 Å². The lowest BCUT2D eigenvalue weighted by Gasteiger charge is -2.45. The number of non-ortho nitro benzene ring substituents is 1. The molecule has 0 amide bonds. The number of amidine groups is 1. The minimum atomic E-state index is -0.773. The van der Waals surface area contributed by atoms with Crippen LogP contribution in [0.1, 0.15) is 43.7 Å². The van der Waals surface area contributed by atoms with E-state index in [4.69, 9.17) is 11.6 Å². The first-order valence-electron chi connectivity index (χ1n) is 12.2. The molecule has 1 heterocycles. The van der Waals surface area contributed by atoms with Gasteiger partial charge in [0.25, 0.3) is 5.69 Å². The number of carbonyl (C=O) groups is 1. The molecule has 38 heavy (non-hydrogen) atoms. The number of benzene rings is 3. The van der Waals surface area contributed by atoms with Crippen LogP contribution in [-0.2, 0) is 4.79 Å². The molecule has 0 radical (unpaired) electrons. The van der Waals surface area contributed by atoms with E-state index in [1.54, 1.807) is 65.6 Å². The topological polar surface area (TPSA) is 108 Å². The molecule has 0 saturated carbocycles. The molecule has 0 aromatic heterocycles. The quantitative estimate of drug-likeness (QED) is 0.208. The van der Waals surface area contributed by atoms with Gasteiger partial charge in [0.15, 0.2) is 5.78 Å². The zero-order valence-corrected chi connectivity index (χ0v) is 21.7. The third kappa shape index (κ3) is 4.50. The number of halogens is 1. The van der Waals surface area contributed by atoms with Gasteiger partial charge < -0.3 is 5.11 Å². The van der Waals surface area contributed by atoms with Crippen molar-refractivity contribution < 1.29 is 14.8 Å². The van der Waals surface area contributed by atoms with Gasteiger partial charge in [0.1, 0.15) is 11.6 Å². The molecule has 0 spiro atoms. The van der Waals surface area contributed by atoms with E-state index in [1.807, 2.05) is 19.9 Å². The Balaban J connectivity index is 1.83. The van der Waals surface area contributed by atoms with Gasteiger partial charge in [0.2, 0.25) is 0 Å². The maximum atomic E-state index is 13.9. The number of nitrogens with one attached hydrogen (secondary N) is 1. The summed E-state index contributed by atoms with van der Waals surface area (Å²) in [6.45, 7) is 4.04. The van der Waals surface area contributed by atoms with Crippen LogP contribution in [-0.4, -0.2) is 21.6 Å². The lowest BCUT2D eigenvalue weighted by Crippen LogP contribution is -2.45. The van der Waals surface area contributed by atoms with Crippen molar-refractivity contribution in [1.82, 2.24) is 0 Å². The number of aliphatic hydroxyl groups excluding tert-OH is 1. The molecule has 0 bridgehead atoms. The van der Waals surface area contributed by atoms with Crippen molar-refractivity contribution in [2.24, 2.45) is 5.41 Å². The van der Waals surface area contributed by atoms with E-state index in [9.17, 15) is 25.4 Å². The van der Waals surface area contributed by atoms with Crippen LogP contribution in [0.5, 0.6) is 0 Å². The minimum Gasteiger partial charge on any atom is -0.507 e. The number of hydrogen-bond donors (Lipinski definition) is 2. The highest BCUT2D eigenvalue weighted by molar-refractivity contribution is 6.30. The van der Waals surface area contributed by atoms with Crippen LogP contribution in [0.25, 0.3) is 5.76 Å². The maximum absolute atomic E-state index is 13.9. The number of ketones is 1. The summed E-state index contributed by atoms with van der Waals surface area (Å²) in [6.07, 6.45) is 0.832. The number of nitro benzene ring substituents is 1. The van der Waals surface area contributed by atoms with Crippen molar-refractivity contribution in [3.8, 4) is 0 Å². The third-order valence-corrected chi connectivity index (χ3v) is 7.30. The van der Waals surface area contributed by atoms with Gasteiger partial charge in [-0.15, -0.1) is 0 Å². The molecule has 2 aliphatic rings. The summed E-state index contributed by atoms with van der Waals surface area (Å²) in [5, 5.41) is 32.9. The van der Waals surface area contributed by atoms with E-state index in [2.05, 4.69) is 0 Å². The van der Waals surface area contributed by atoms with E-state index < -0.39 is 10.8 Å². The fraction of sp³-hybridized carbons (Fsp3) is 0.200. The van der Waals surface area contributed by atoms with E-state index in [-0.39, 0.29) is 34.1 Å². The number of hydrogen-bond acceptors (Lipinski definition) is 5. The second-order valence-corrected chi connectivity index (χ2v) is 10.8. The Bertz CT molecular complexity index is 1510. The van der Waals surface area contributed by atoms with E-state index in [1.165, 1.54) is 12.1 Å². The Labute approximate surface area is 225 Å². The molecule has 0 unspecified atom stereocenters. The summed E-state index contributed by atoms with van der Waals surface area (Å²) in [7, 11) is 0. The summed E-state index contributed by atoms with van der Waals surface area (Å²) in [4.78, 5) is 26.4. The first-order valence-corrected chi connectivity index (χ1v) is 12.6. The summed E-state index contributed by atoms with van der Waals surface area (Å²) in [5.41, 5.74) is 2.75. The van der Waals surface area contributed by atoms with Gasteiger partial charge in [-0.25, -0.2) is 0 Å². The van der Waals surface area contributed by atoms with Crippen LogP contribution in [0.15, 0.2) is 95.7 Å². The number of allylic oxidation sites excluding steroid dienone is 2. The largest absolute Gasteiger partial charge is 0.507 e. The highest BCUT2D eigenvalue weighted by Gasteiger charge is 2.46. The number of Topliss-reactive ketones (excluding diaryl/α,β-unsaturated/α-hetero) is 1. The molecule has 192 valence electrons. The normalized spacial score (nSPS) is 20.3. The molecule has 1 aliphatic carbocycles. The van der Waals surface area contributed by atoms with Crippen molar-refractivity contribution in [1.29, 1.82) is 5.41 Å². The monoisotopic (exact) mass is 527 g/mol. The second-order valence-electron chi connectivity index (χ2n) is 10.4. The Morgan fingerprint density at radius 2 is 1.66 bits per heavy atom. The van der Waals surface area contributed by atoms with Crippen molar-refractivity contribution in [3.05, 3.63) is 122 Å². The Kier molecular flexibility index (Phi) is 6.41. The van der Waals surface area contributed by atoms with Crippen molar-refractivity contribution in [2.75, 3.05) is 4.90 Å². The molecule has 3 aromatic rings. The van der Waals surface area contributed by atoms with Gasteiger partial charge in [-0.1, -0.05) is 67.9 Å². The SMILES string of the molecule is CC1(C)CC(=O)C2=C(C1)N(c1ccc(Cl)cc1)C(=N)C(=C(O)c1ccccc1)[C@H]2c1ccc([N+](=O)[O-])cc1. The predicted molar refractivity (Wildman–Crippen MR) is 149 cm³/mol. The molecule has 2 N–H and O–H groups in total. The zero-order valence-electron chi connectivity index (χ0n) is 20.9. The number of nitrogens with zero attached hydrogens (tertiary/aromatic N) is 2. The van der Waals surface area contributed by atoms with Gasteiger partial charge >= 0.3 is 0 Å². The molecule has 0 fully saturated rings. The molecule has 8 heteroatoms. The van der Waals surface area contributed by atoms with Gasteiger partial charge in [0.05, 0.1) is 4.92 Å². The fourth-order valence-corrected chi connectivity index (χ4v) is 5.49. The second kappa shape index (κ2) is 9.58. The van der Waals surface area contributed by atoms with Gasteiger partial charge in [-0.3, -0.25) is 25.2 Å². The van der Waals surface area contributed by atoms with Crippen LogP contribution in [0, 0.1) is 20.9 Å². The van der Waals surface area contributed by atoms with Crippen molar-refractivity contribution >= 4 is 40.4 Å². The molecule has 5 rings (SSSR count). The van der Waals surface area contributed by atoms with Crippen LogP contribution in [0.3, 0.4) is 0 Å². The van der Waals surface area contributed by atoms with Gasteiger partial charge in [-0.2, -0.15) is 0 Å². The number of anilines is 1.